The minimum Gasteiger partial charge on any atom is -0.481 e. The summed E-state index contributed by atoms with van der Waals surface area (Å²) in [5.74, 6) is -0.341. The van der Waals surface area contributed by atoms with Crippen molar-refractivity contribution in [1.82, 2.24) is 0 Å². The SMILES string of the molecule is COCCCCCC/C=C/[C@@H]1C(C/C=C\CCCC(=O)O)[C@@H](O)C[C@H]1OC. The summed E-state index contributed by atoms with van der Waals surface area (Å²) in [6.07, 6.45) is 17.3. The Morgan fingerprint density at radius 1 is 1.04 bits per heavy atom. The van der Waals surface area contributed by atoms with Gasteiger partial charge in [-0.15, -0.1) is 0 Å². The monoisotopic (exact) mass is 382 g/mol. The van der Waals surface area contributed by atoms with E-state index in [4.69, 9.17) is 14.6 Å². The van der Waals surface area contributed by atoms with Gasteiger partial charge in [0, 0.05) is 39.6 Å². The molecular weight excluding hydrogens is 344 g/mol. The standard InChI is InChI=1S/C22H38O5/c1-26-16-12-8-4-3-5-10-14-19-18(20(23)17-21(19)27-2)13-9-6-7-11-15-22(24)25/h6,9-10,14,18-21,23H,3-5,7-8,11-13,15-17H2,1-2H3,(H,24,25)/b9-6-,14-10+/t18?,19-,20+,21-/m1/s1. The number of hydrogen-bond donors (Lipinski definition) is 2. The molecular formula is C22H38O5. The maximum Gasteiger partial charge on any atom is 0.303 e. The lowest BCUT2D eigenvalue weighted by molar-refractivity contribution is -0.137. The quantitative estimate of drug-likeness (QED) is 0.325. The number of methoxy groups -OCH3 is 2. The Morgan fingerprint density at radius 3 is 2.48 bits per heavy atom. The zero-order valence-electron chi connectivity index (χ0n) is 17.0. The van der Waals surface area contributed by atoms with Crippen molar-refractivity contribution in [2.24, 2.45) is 11.8 Å². The summed E-state index contributed by atoms with van der Waals surface area (Å²) >= 11 is 0. The van der Waals surface area contributed by atoms with E-state index in [0.717, 1.165) is 32.3 Å². The topological polar surface area (TPSA) is 76.0 Å². The lowest BCUT2D eigenvalue weighted by Gasteiger charge is -2.20. The highest BCUT2D eigenvalue weighted by Crippen LogP contribution is 2.38. The number of ether oxygens (including phenoxy) is 2. The largest absolute Gasteiger partial charge is 0.481 e. The summed E-state index contributed by atoms with van der Waals surface area (Å²) in [7, 11) is 3.46. The Labute approximate surface area is 164 Å². The van der Waals surface area contributed by atoms with Crippen LogP contribution in [0.1, 0.15) is 64.2 Å². The summed E-state index contributed by atoms with van der Waals surface area (Å²) in [4.78, 5) is 10.5. The summed E-state index contributed by atoms with van der Waals surface area (Å²) < 4.78 is 10.7. The number of carboxylic acid groups (broad SMARTS) is 1. The maximum absolute atomic E-state index is 10.5. The van der Waals surface area contributed by atoms with Crippen LogP contribution >= 0.6 is 0 Å². The van der Waals surface area contributed by atoms with Gasteiger partial charge in [-0.25, -0.2) is 0 Å². The molecule has 0 aromatic carbocycles. The van der Waals surface area contributed by atoms with Gasteiger partial charge in [-0.1, -0.05) is 37.1 Å². The molecule has 0 heterocycles. The third kappa shape index (κ3) is 10.1. The van der Waals surface area contributed by atoms with Crippen LogP contribution < -0.4 is 0 Å². The van der Waals surface area contributed by atoms with Gasteiger partial charge in [-0.2, -0.15) is 0 Å². The zero-order chi connectivity index (χ0) is 19.9. The van der Waals surface area contributed by atoms with E-state index < -0.39 is 5.97 Å². The highest BCUT2D eigenvalue weighted by Gasteiger charge is 2.40. The van der Waals surface area contributed by atoms with Gasteiger partial charge in [0.25, 0.3) is 0 Å². The molecule has 1 aliphatic carbocycles. The van der Waals surface area contributed by atoms with Crippen LogP contribution in [0.5, 0.6) is 0 Å². The molecule has 1 unspecified atom stereocenters. The molecule has 0 aromatic rings. The number of rotatable bonds is 15. The molecule has 0 aromatic heterocycles. The van der Waals surface area contributed by atoms with Crippen molar-refractivity contribution in [3.8, 4) is 0 Å². The summed E-state index contributed by atoms with van der Waals surface area (Å²) in [6.45, 7) is 0.844. The molecule has 1 rings (SSSR count). The third-order valence-electron chi connectivity index (χ3n) is 5.36. The molecule has 0 amide bonds. The molecule has 0 saturated heterocycles. The Balaban J connectivity index is 2.39. The van der Waals surface area contributed by atoms with Gasteiger partial charge in [-0.05, 0) is 44.4 Å². The van der Waals surface area contributed by atoms with Crippen molar-refractivity contribution in [3.05, 3.63) is 24.3 Å². The van der Waals surface area contributed by atoms with Crippen molar-refractivity contribution in [1.29, 1.82) is 0 Å². The van der Waals surface area contributed by atoms with Crippen LogP contribution in [0.2, 0.25) is 0 Å². The number of aliphatic carboxylic acids is 1. The lowest BCUT2D eigenvalue weighted by Crippen LogP contribution is -2.21. The van der Waals surface area contributed by atoms with Crippen molar-refractivity contribution in [2.75, 3.05) is 20.8 Å². The fourth-order valence-corrected chi connectivity index (χ4v) is 3.79. The molecule has 1 fully saturated rings. The van der Waals surface area contributed by atoms with E-state index >= 15 is 0 Å². The summed E-state index contributed by atoms with van der Waals surface area (Å²) in [5.41, 5.74) is 0. The van der Waals surface area contributed by atoms with Crippen LogP contribution in [0.15, 0.2) is 24.3 Å². The first kappa shape index (κ1) is 23.9. The van der Waals surface area contributed by atoms with Gasteiger partial charge in [0.1, 0.15) is 0 Å². The first-order chi connectivity index (χ1) is 13.1. The molecule has 0 aliphatic heterocycles. The summed E-state index contributed by atoms with van der Waals surface area (Å²) in [6, 6.07) is 0. The van der Waals surface area contributed by atoms with Crippen molar-refractivity contribution < 1.29 is 24.5 Å². The van der Waals surface area contributed by atoms with Gasteiger partial charge in [0.2, 0.25) is 0 Å². The van der Waals surface area contributed by atoms with Gasteiger partial charge in [-0.3, -0.25) is 4.79 Å². The second-order valence-electron chi connectivity index (χ2n) is 7.44. The maximum atomic E-state index is 10.5. The number of hydrogen-bond acceptors (Lipinski definition) is 4. The van der Waals surface area contributed by atoms with Gasteiger partial charge >= 0.3 is 5.97 Å². The molecule has 5 nitrogen and oxygen atoms in total. The number of aliphatic hydroxyl groups excluding tert-OH is 1. The molecule has 4 atom stereocenters. The normalized spacial score (nSPS) is 25.7. The van der Waals surface area contributed by atoms with Crippen LogP contribution in [-0.4, -0.2) is 49.2 Å². The van der Waals surface area contributed by atoms with Crippen LogP contribution in [0.4, 0.5) is 0 Å². The van der Waals surface area contributed by atoms with Crippen LogP contribution in [0.25, 0.3) is 0 Å². The molecule has 0 bridgehead atoms. The van der Waals surface area contributed by atoms with E-state index in [2.05, 4.69) is 18.2 Å². The molecule has 2 N–H and O–H groups in total. The average Bonchev–Trinajstić information content (AvgIpc) is 2.95. The van der Waals surface area contributed by atoms with E-state index in [1.165, 1.54) is 19.3 Å². The van der Waals surface area contributed by atoms with Gasteiger partial charge < -0.3 is 19.7 Å². The van der Waals surface area contributed by atoms with E-state index in [9.17, 15) is 9.90 Å². The van der Waals surface area contributed by atoms with Crippen LogP contribution in [0.3, 0.4) is 0 Å². The molecule has 156 valence electrons. The highest BCUT2D eigenvalue weighted by atomic mass is 16.5. The van der Waals surface area contributed by atoms with Crippen molar-refractivity contribution in [2.45, 2.75) is 76.4 Å². The second-order valence-corrected chi connectivity index (χ2v) is 7.44. The van der Waals surface area contributed by atoms with Crippen molar-refractivity contribution >= 4 is 5.97 Å². The van der Waals surface area contributed by atoms with E-state index in [1.54, 1.807) is 14.2 Å². The minimum absolute atomic E-state index is 0.0726. The van der Waals surface area contributed by atoms with Crippen LogP contribution in [0, 0.1) is 11.8 Å². The highest BCUT2D eigenvalue weighted by molar-refractivity contribution is 5.66. The van der Waals surface area contributed by atoms with Gasteiger partial charge in [0.15, 0.2) is 0 Å². The molecule has 27 heavy (non-hydrogen) atoms. The minimum atomic E-state index is -0.749. The summed E-state index contributed by atoms with van der Waals surface area (Å²) in [5, 5.41) is 19.1. The predicted octanol–water partition coefficient (Wildman–Crippen LogP) is 4.35. The average molecular weight is 383 g/mol. The Morgan fingerprint density at radius 2 is 1.78 bits per heavy atom. The number of carboxylic acids is 1. The van der Waals surface area contributed by atoms with Crippen molar-refractivity contribution in [3.63, 3.8) is 0 Å². The smallest absolute Gasteiger partial charge is 0.303 e. The molecule has 0 radical (unpaired) electrons. The van der Waals surface area contributed by atoms with E-state index in [-0.39, 0.29) is 30.5 Å². The number of aliphatic hydroxyl groups is 1. The van der Waals surface area contributed by atoms with Crippen LogP contribution in [-0.2, 0) is 14.3 Å². The zero-order valence-corrected chi connectivity index (χ0v) is 17.0. The lowest BCUT2D eigenvalue weighted by atomic mass is 9.89. The fourth-order valence-electron chi connectivity index (χ4n) is 3.79. The Bertz CT molecular complexity index is 446. The Kier molecular flexibility index (Phi) is 13.1. The number of carbonyl (C=O) groups is 1. The molecule has 1 saturated carbocycles. The second kappa shape index (κ2) is 14.8. The third-order valence-corrected chi connectivity index (χ3v) is 5.36. The first-order valence-corrected chi connectivity index (χ1v) is 10.3. The molecule has 1 aliphatic rings. The fraction of sp³-hybridized carbons (Fsp3) is 0.773. The number of unbranched alkanes of at least 4 members (excludes halogenated alkanes) is 5. The molecule has 0 spiro atoms. The molecule has 5 heteroatoms. The Hall–Kier alpha value is -1.17. The first-order valence-electron chi connectivity index (χ1n) is 10.3. The van der Waals surface area contributed by atoms with E-state index in [0.29, 0.717) is 12.8 Å². The number of allylic oxidation sites excluding steroid dienone is 3. The van der Waals surface area contributed by atoms with E-state index in [1.807, 2.05) is 6.08 Å². The van der Waals surface area contributed by atoms with Gasteiger partial charge in [0.05, 0.1) is 12.2 Å². The predicted molar refractivity (Wildman–Crippen MR) is 108 cm³/mol.